The van der Waals surface area contributed by atoms with Crippen molar-refractivity contribution in [2.24, 2.45) is 0 Å². The fourth-order valence-corrected chi connectivity index (χ4v) is 3.06. The second kappa shape index (κ2) is 3.27. The number of hydrogen-bond donors (Lipinski definition) is 0. The number of nitrogens with zero attached hydrogens (tertiary/aromatic N) is 1. The van der Waals surface area contributed by atoms with E-state index in [-0.39, 0.29) is 0 Å². The molecule has 0 aliphatic carbocycles. The summed E-state index contributed by atoms with van der Waals surface area (Å²) in [5.41, 5.74) is 2.75. The third-order valence-corrected chi connectivity index (χ3v) is 3.66. The lowest BCUT2D eigenvalue weighted by molar-refractivity contribution is 0.415. The van der Waals surface area contributed by atoms with E-state index in [2.05, 4.69) is 32.6 Å². The Bertz CT molecular complexity index is 530. The number of halogens is 1. The Kier molecular flexibility index (Phi) is 2.02. The van der Waals surface area contributed by atoms with E-state index in [0.29, 0.717) is 0 Å². The minimum absolute atomic E-state index is 0.915. The number of rotatable bonds is 1. The molecule has 0 bridgehead atoms. The first-order chi connectivity index (χ1) is 7.29. The highest BCUT2D eigenvalue weighted by Crippen LogP contribution is 2.34. The third kappa shape index (κ3) is 1.29. The topological polar surface area (TPSA) is 14.2 Å². The molecule has 1 aliphatic heterocycles. The summed E-state index contributed by atoms with van der Waals surface area (Å²) < 4.78 is 8.80. The van der Waals surface area contributed by atoms with Crippen molar-refractivity contribution < 1.29 is 4.74 Å². The van der Waals surface area contributed by atoms with Gasteiger partial charge in [0.1, 0.15) is 5.75 Å². The predicted octanol–water partition coefficient (Wildman–Crippen LogP) is 3.36. The first-order valence-corrected chi connectivity index (χ1v) is 5.94. The van der Waals surface area contributed by atoms with Gasteiger partial charge >= 0.3 is 0 Å². The largest absolute Gasteiger partial charge is 0.497 e. The minimum atomic E-state index is 0.915. The van der Waals surface area contributed by atoms with E-state index in [1.807, 2.05) is 6.07 Å². The number of ether oxygens (including phenoxy) is 1. The molecule has 0 unspecified atom stereocenters. The number of aromatic nitrogens is 1. The lowest BCUT2D eigenvalue weighted by Crippen LogP contribution is -1.92. The predicted molar refractivity (Wildman–Crippen MR) is 64.5 cm³/mol. The molecule has 78 valence electrons. The van der Waals surface area contributed by atoms with Crippen molar-refractivity contribution in [3.8, 4) is 5.75 Å². The second-order valence-electron chi connectivity index (χ2n) is 3.94. The van der Waals surface area contributed by atoms with Crippen molar-refractivity contribution in [2.75, 3.05) is 7.11 Å². The van der Waals surface area contributed by atoms with Crippen LogP contribution < -0.4 is 4.74 Å². The Morgan fingerprint density at radius 2 is 2.20 bits per heavy atom. The molecule has 2 heterocycles. The summed E-state index contributed by atoms with van der Waals surface area (Å²) in [6, 6.07) is 6.41. The van der Waals surface area contributed by atoms with Gasteiger partial charge in [-0.15, -0.1) is 0 Å². The molecule has 3 rings (SSSR count). The number of hydrogen-bond acceptors (Lipinski definition) is 1. The Labute approximate surface area is 97.0 Å². The second-order valence-corrected chi connectivity index (χ2v) is 4.79. The molecule has 0 amide bonds. The van der Waals surface area contributed by atoms with Crippen molar-refractivity contribution in [2.45, 2.75) is 19.4 Å². The van der Waals surface area contributed by atoms with Crippen LogP contribution in [0.2, 0.25) is 0 Å². The summed E-state index contributed by atoms with van der Waals surface area (Å²) in [4.78, 5) is 0. The van der Waals surface area contributed by atoms with E-state index >= 15 is 0 Å². The van der Waals surface area contributed by atoms with Gasteiger partial charge in [0, 0.05) is 22.1 Å². The molecule has 0 atom stereocenters. The van der Waals surface area contributed by atoms with Gasteiger partial charge in [-0.25, -0.2) is 0 Å². The van der Waals surface area contributed by atoms with Crippen LogP contribution in [-0.4, -0.2) is 11.7 Å². The number of benzene rings is 1. The molecule has 1 aromatic heterocycles. The fourth-order valence-electron chi connectivity index (χ4n) is 2.39. The molecule has 0 N–H and O–H groups in total. The van der Waals surface area contributed by atoms with Gasteiger partial charge in [-0.1, -0.05) is 0 Å². The highest BCUT2D eigenvalue weighted by molar-refractivity contribution is 9.10. The van der Waals surface area contributed by atoms with Crippen LogP contribution in [0.25, 0.3) is 10.9 Å². The zero-order valence-electron chi connectivity index (χ0n) is 8.59. The van der Waals surface area contributed by atoms with Gasteiger partial charge in [-0.2, -0.15) is 0 Å². The average molecular weight is 266 g/mol. The molecule has 0 fully saturated rings. The Morgan fingerprint density at radius 1 is 1.33 bits per heavy atom. The Balaban J connectivity index is 2.34. The van der Waals surface area contributed by atoms with Crippen molar-refractivity contribution in [1.82, 2.24) is 4.57 Å². The van der Waals surface area contributed by atoms with Gasteiger partial charge < -0.3 is 9.30 Å². The van der Waals surface area contributed by atoms with Crippen molar-refractivity contribution in [3.63, 3.8) is 0 Å². The van der Waals surface area contributed by atoms with Crippen LogP contribution in [0.1, 0.15) is 12.1 Å². The van der Waals surface area contributed by atoms with Gasteiger partial charge in [0.05, 0.1) is 12.6 Å². The summed E-state index contributed by atoms with van der Waals surface area (Å²) >= 11 is 3.62. The number of fused-ring (bicyclic) bond motifs is 3. The fraction of sp³-hybridized carbons (Fsp3) is 0.333. The van der Waals surface area contributed by atoms with Crippen LogP contribution in [0.3, 0.4) is 0 Å². The standard InChI is InChI=1S/C12H12BrNO/c1-15-10-6-8-5-9-3-2-4-14(9)12(8)11(13)7-10/h5-7H,2-4H2,1H3. The Hall–Kier alpha value is -0.960. The van der Waals surface area contributed by atoms with Crippen molar-refractivity contribution >= 4 is 26.8 Å². The van der Waals surface area contributed by atoms with E-state index in [1.165, 1.54) is 29.4 Å². The molecule has 0 saturated carbocycles. The maximum absolute atomic E-state index is 5.26. The highest BCUT2D eigenvalue weighted by Gasteiger charge is 2.16. The molecule has 0 radical (unpaired) electrons. The maximum atomic E-state index is 5.26. The van der Waals surface area contributed by atoms with Crippen LogP contribution in [0.4, 0.5) is 0 Å². The summed E-state index contributed by atoms with van der Waals surface area (Å²) in [6.07, 6.45) is 2.47. The van der Waals surface area contributed by atoms with E-state index in [1.54, 1.807) is 7.11 Å². The smallest absolute Gasteiger partial charge is 0.120 e. The third-order valence-electron chi connectivity index (χ3n) is 3.06. The monoisotopic (exact) mass is 265 g/mol. The zero-order valence-corrected chi connectivity index (χ0v) is 10.2. The van der Waals surface area contributed by atoms with E-state index in [0.717, 1.165) is 16.8 Å². The quantitative estimate of drug-likeness (QED) is 0.772. The zero-order chi connectivity index (χ0) is 10.4. The van der Waals surface area contributed by atoms with Crippen molar-refractivity contribution in [1.29, 1.82) is 0 Å². The molecule has 15 heavy (non-hydrogen) atoms. The molecule has 2 nitrogen and oxygen atoms in total. The van der Waals surface area contributed by atoms with Gasteiger partial charge in [0.25, 0.3) is 0 Å². The lowest BCUT2D eigenvalue weighted by atomic mass is 10.2. The highest BCUT2D eigenvalue weighted by atomic mass is 79.9. The molecule has 3 heteroatoms. The van der Waals surface area contributed by atoms with E-state index < -0.39 is 0 Å². The molecule has 0 spiro atoms. The van der Waals surface area contributed by atoms with Crippen LogP contribution in [-0.2, 0) is 13.0 Å². The Morgan fingerprint density at radius 3 is 3.00 bits per heavy atom. The summed E-state index contributed by atoms with van der Waals surface area (Å²) in [5.74, 6) is 0.915. The summed E-state index contributed by atoms with van der Waals surface area (Å²) in [5, 5.41) is 1.27. The maximum Gasteiger partial charge on any atom is 0.120 e. The molecule has 1 aromatic carbocycles. The van der Waals surface area contributed by atoms with E-state index in [9.17, 15) is 0 Å². The van der Waals surface area contributed by atoms with Crippen molar-refractivity contribution in [3.05, 3.63) is 28.4 Å². The first kappa shape index (κ1) is 9.28. The molecular formula is C12H12BrNO. The molecule has 1 aliphatic rings. The van der Waals surface area contributed by atoms with Gasteiger partial charge in [0.2, 0.25) is 0 Å². The molecular weight excluding hydrogens is 254 g/mol. The normalized spacial score (nSPS) is 14.5. The molecule has 2 aromatic rings. The van der Waals surface area contributed by atoms with Crippen LogP contribution in [0.5, 0.6) is 5.75 Å². The lowest BCUT2D eigenvalue weighted by Gasteiger charge is -2.05. The van der Waals surface area contributed by atoms with Crippen LogP contribution >= 0.6 is 15.9 Å². The van der Waals surface area contributed by atoms with Gasteiger partial charge in [-0.05, 0) is 47.0 Å². The molecule has 0 saturated heterocycles. The van der Waals surface area contributed by atoms with Crippen LogP contribution in [0.15, 0.2) is 22.7 Å². The summed E-state index contributed by atoms with van der Waals surface area (Å²) in [7, 11) is 1.71. The summed E-state index contributed by atoms with van der Waals surface area (Å²) in [6.45, 7) is 1.14. The van der Waals surface area contributed by atoms with Gasteiger partial charge in [-0.3, -0.25) is 0 Å². The van der Waals surface area contributed by atoms with Gasteiger partial charge in [0.15, 0.2) is 0 Å². The first-order valence-electron chi connectivity index (χ1n) is 5.15. The SMILES string of the molecule is COc1cc(Br)c2c(c1)cc1n2CCC1. The van der Waals surface area contributed by atoms with Crippen LogP contribution in [0, 0.1) is 0 Å². The number of methoxy groups -OCH3 is 1. The minimum Gasteiger partial charge on any atom is -0.497 e. The van der Waals surface area contributed by atoms with E-state index in [4.69, 9.17) is 4.74 Å². The number of aryl methyl sites for hydroxylation is 2. The average Bonchev–Trinajstić information content (AvgIpc) is 2.75.